The molecule has 0 aromatic heterocycles. The predicted octanol–water partition coefficient (Wildman–Crippen LogP) is 3.57. The van der Waals surface area contributed by atoms with E-state index in [0.717, 1.165) is 25.0 Å². The number of rotatable bonds is 6. The van der Waals surface area contributed by atoms with E-state index in [1.165, 1.54) is 6.07 Å². The summed E-state index contributed by atoms with van der Waals surface area (Å²) in [7, 11) is 1.68. The van der Waals surface area contributed by atoms with E-state index >= 15 is 0 Å². The maximum Gasteiger partial charge on any atom is 0.416 e. The Bertz CT molecular complexity index is 606. The first-order chi connectivity index (χ1) is 12.4. The first-order valence-electron chi connectivity index (χ1n) is 8.70. The Kier molecular flexibility index (Phi) is 9.82. The molecule has 0 aliphatic carbocycles. The van der Waals surface area contributed by atoms with Gasteiger partial charge in [-0.05, 0) is 24.6 Å². The Hall–Kier alpha value is -1.07. The average Bonchev–Trinajstić information content (AvgIpc) is 2.64. The molecule has 1 heterocycles. The average molecular weight is 501 g/mol. The second-order valence-electron chi connectivity index (χ2n) is 6.25. The normalized spacial score (nSPS) is 17.1. The molecule has 0 bridgehead atoms. The zero-order valence-electron chi connectivity index (χ0n) is 15.6. The fourth-order valence-corrected chi connectivity index (χ4v) is 2.80. The molecule has 2 rings (SSSR count). The number of nitrogens with zero attached hydrogens (tertiary/aromatic N) is 1. The Morgan fingerprint density at radius 2 is 1.96 bits per heavy atom. The van der Waals surface area contributed by atoms with Crippen LogP contribution in [0.3, 0.4) is 0 Å². The summed E-state index contributed by atoms with van der Waals surface area (Å²) in [6.45, 7) is 4.59. The van der Waals surface area contributed by atoms with E-state index in [9.17, 15) is 13.2 Å². The lowest BCUT2D eigenvalue weighted by atomic mass is 9.94. The molecular weight excluding hydrogens is 474 g/mol. The fraction of sp³-hybridized carbons (Fsp3) is 0.611. The van der Waals surface area contributed by atoms with E-state index in [1.54, 1.807) is 13.2 Å². The van der Waals surface area contributed by atoms with Crippen LogP contribution in [-0.2, 0) is 22.2 Å². The molecule has 0 spiro atoms. The lowest BCUT2D eigenvalue weighted by Gasteiger charge is -2.36. The minimum Gasteiger partial charge on any atom is -0.381 e. The van der Waals surface area contributed by atoms with Gasteiger partial charge in [0.25, 0.3) is 0 Å². The van der Waals surface area contributed by atoms with Gasteiger partial charge in [-0.3, -0.25) is 0 Å². The Morgan fingerprint density at radius 1 is 1.26 bits per heavy atom. The zero-order valence-corrected chi connectivity index (χ0v) is 17.9. The molecule has 154 valence electrons. The number of hydrogen-bond acceptors (Lipinski definition) is 3. The van der Waals surface area contributed by atoms with E-state index in [4.69, 9.17) is 9.47 Å². The third kappa shape index (κ3) is 7.46. The number of halogens is 4. The quantitative estimate of drug-likeness (QED) is 0.356. The molecule has 1 aromatic carbocycles. The van der Waals surface area contributed by atoms with Crippen LogP contribution in [0.5, 0.6) is 0 Å². The molecule has 0 atom stereocenters. The van der Waals surface area contributed by atoms with Crippen molar-refractivity contribution in [3.63, 3.8) is 0 Å². The second-order valence-corrected chi connectivity index (χ2v) is 6.25. The van der Waals surface area contributed by atoms with Crippen molar-refractivity contribution in [1.82, 2.24) is 10.6 Å². The summed E-state index contributed by atoms with van der Waals surface area (Å²) < 4.78 is 49.5. The van der Waals surface area contributed by atoms with Gasteiger partial charge in [-0.15, -0.1) is 24.0 Å². The van der Waals surface area contributed by atoms with Crippen LogP contribution in [0.25, 0.3) is 0 Å². The number of hydrogen-bond donors (Lipinski definition) is 2. The lowest BCUT2D eigenvalue weighted by Crippen LogP contribution is -2.50. The summed E-state index contributed by atoms with van der Waals surface area (Å²) in [6, 6.07) is 5.22. The summed E-state index contributed by atoms with van der Waals surface area (Å²) in [5.41, 5.74) is -0.474. The minimum absolute atomic E-state index is 0. The van der Waals surface area contributed by atoms with Crippen molar-refractivity contribution >= 4 is 29.9 Å². The molecule has 0 unspecified atom stereocenters. The highest BCUT2D eigenvalue weighted by Crippen LogP contribution is 2.29. The first-order valence-corrected chi connectivity index (χ1v) is 8.70. The first kappa shape index (κ1) is 24.0. The van der Waals surface area contributed by atoms with Crippen molar-refractivity contribution in [1.29, 1.82) is 0 Å². The largest absolute Gasteiger partial charge is 0.416 e. The van der Waals surface area contributed by atoms with Gasteiger partial charge in [0, 0.05) is 46.3 Å². The highest BCUT2D eigenvalue weighted by Gasteiger charge is 2.32. The van der Waals surface area contributed by atoms with Crippen LogP contribution in [0, 0.1) is 0 Å². The number of guanidine groups is 1. The van der Waals surface area contributed by atoms with Gasteiger partial charge in [0.15, 0.2) is 5.96 Å². The highest BCUT2D eigenvalue weighted by atomic mass is 127. The number of ether oxygens (including phenoxy) is 2. The van der Waals surface area contributed by atoms with E-state index in [-0.39, 0.29) is 36.1 Å². The van der Waals surface area contributed by atoms with Crippen LogP contribution in [0.15, 0.2) is 29.3 Å². The number of alkyl halides is 3. The van der Waals surface area contributed by atoms with Crippen LogP contribution >= 0.6 is 24.0 Å². The molecule has 1 aromatic rings. The molecule has 1 saturated heterocycles. The highest BCUT2D eigenvalue weighted by molar-refractivity contribution is 14.0. The molecule has 0 amide bonds. The zero-order chi connectivity index (χ0) is 19.0. The van der Waals surface area contributed by atoms with Gasteiger partial charge in [-0.25, -0.2) is 4.99 Å². The summed E-state index contributed by atoms with van der Waals surface area (Å²) >= 11 is 0. The van der Waals surface area contributed by atoms with E-state index < -0.39 is 11.7 Å². The minimum atomic E-state index is -4.35. The van der Waals surface area contributed by atoms with Gasteiger partial charge in [0.1, 0.15) is 0 Å². The molecule has 1 aliphatic heterocycles. The lowest BCUT2D eigenvalue weighted by molar-refractivity contribution is -0.137. The van der Waals surface area contributed by atoms with Gasteiger partial charge in [0.2, 0.25) is 0 Å². The number of aliphatic imine (C=N–C) groups is 1. The fourth-order valence-electron chi connectivity index (χ4n) is 2.80. The second kappa shape index (κ2) is 11.1. The molecule has 1 fully saturated rings. The number of benzene rings is 1. The van der Waals surface area contributed by atoms with Gasteiger partial charge < -0.3 is 20.1 Å². The third-order valence-corrected chi connectivity index (χ3v) is 4.43. The SMILES string of the molecule is CCNC(=NCc1cccc(C(F)(F)F)c1)NCC1(OC)CCOCC1.I. The third-order valence-electron chi connectivity index (χ3n) is 4.43. The van der Waals surface area contributed by atoms with Crippen molar-refractivity contribution in [2.45, 2.75) is 38.1 Å². The standard InChI is InChI=1S/C18H26F3N3O2.HI/c1-3-22-16(24-13-17(25-2)7-9-26-10-8-17)23-12-14-5-4-6-15(11-14)18(19,20)21;/h4-6,11H,3,7-10,12-13H2,1-2H3,(H2,22,23,24);1H. The van der Waals surface area contributed by atoms with Crippen LogP contribution in [0.4, 0.5) is 13.2 Å². The van der Waals surface area contributed by atoms with E-state index in [0.29, 0.717) is 37.8 Å². The molecule has 0 radical (unpaired) electrons. The summed E-state index contributed by atoms with van der Waals surface area (Å²) in [6.07, 6.45) is -2.79. The van der Waals surface area contributed by atoms with Crippen molar-refractivity contribution in [2.75, 3.05) is 33.4 Å². The Morgan fingerprint density at radius 3 is 2.56 bits per heavy atom. The molecule has 2 N–H and O–H groups in total. The van der Waals surface area contributed by atoms with Crippen LogP contribution < -0.4 is 10.6 Å². The monoisotopic (exact) mass is 501 g/mol. The number of nitrogens with one attached hydrogen (secondary N) is 2. The topological polar surface area (TPSA) is 54.9 Å². The molecule has 27 heavy (non-hydrogen) atoms. The number of methoxy groups -OCH3 is 1. The van der Waals surface area contributed by atoms with Crippen LogP contribution in [-0.4, -0.2) is 45.0 Å². The van der Waals surface area contributed by atoms with Gasteiger partial charge in [-0.1, -0.05) is 12.1 Å². The van der Waals surface area contributed by atoms with E-state index in [2.05, 4.69) is 15.6 Å². The van der Waals surface area contributed by atoms with E-state index in [1.807, 2.05) is 6.92 Å². The Balaban J connectivity index is 0.00000364. The van der Waals surface area contributed by atoms with Gasteiger partial charge in [-0.2, -0.15) is 13.2 Å². The summed E-state index contributed by atoms with van der Waals surface area (Å²) in [5.74, 6) is 0.549. The van der Waals surface area contributed by atoms with Crippen LogP contribution in [0.2, 0.25) is 0 Å². The van der Waals surface area contributed by atoms with Gasteiger partial charge in [0.05, 0.1) is 17.7 Å². The van der Waals surface area contributed by atoms with Gasteiger partial charge >= 0.3 is 6.18 Å². The molecular formula is C18H27F3IN3O2. The van der Waals surface area contributed by atoms with Crippen molar-refractivity contribution in [2.24, 2.45) is 4.99 Å². The molecule has 1 aliphatic rings. The Labute approximate surface area is 175 Å². The molecule has 9 heteroatoms. The maximum absolute atomic E-state index is 12.8. The predicted molar refractivity (Wildman–Crippen MR) is 109 cm³/mol. The summed E-state index contributed by atoms with van der Waals surface area (Å²) in [4.78, 5) is 4.40. The maximum atomic E-state index is 12.8. The molecule has 0 saturated carbocycles. The van der Waals surface area contributed by atoms with Crippen molar-refractivity contribution in [3.05, 3.63) is 35.4 Å². The summed E-state index contributed by atoms with van der Waals surface area (Å²) in [5, 5.41) is 6.34. The van der Waals surface area contributed by atoms with Crippen LogP contribution in [0.1, 0.15) is 30.9 Å². The van der Waals surface area contributed by atoms with Crippen molar-refractivity contribution < 1.29 is 22.6 Å². The van der Waals surface area contributed by atoms with Crippen molar-refractivity contribution in [3.8, 4) is 0 Å². The molecule has 5 nitrogen and oxygen atoms in total. The smallest absolute Gasteiger partial charge is 0.381 e.